The molecule has 0 fully saturated rings. The fourth-order valence-corrected chi connectivity index (χ4v) is 2.69. The average molecular weight is 346 g/mol. The Morgan fingerprint density at radius 3 is 2.68 bits per heavy atom. The maximum Gasteiger partial charge on any atom is 0.213 e. The highest BCUT2D eigenvalue weighted by Gasteiger charge is 2.13. The third kappa shape index (κ3) is 6.85. The Morgan fingerprint density at radius 2 is 2.09 bits per heavy atom. The monoisotopic (exact) mass is 345 g/mol. The van der Waals surface area contributed by atoms with Crippen molar-refractivity contribution in [3.05, 3.63) is 23.4 Å². The van der Waals surface area contributed by atoms with Gasteiger partial charge in [0, 0.05) is 12.3 Å². The number of aliphatic imine (C=N–C) groups is 1. The van der Waals surface area contributed by atoms with Crippen LogP contribution in [0.2, 0.25) is 5.15 Å². The van der Waals surface area contributed by atoms with Crippen molar-refractivity contribution in [1.29, 1.82) is 0 Å². The van der Waals surface area contributed by atoms with Gasteiger partial charge in [-0.05, 0) is 51.7 Å². The van der Waals surface area contributed by atoms with Crippen LogP contribution in [0.3, 0.4) is 0 Å². The Balaban J connectivity index is 2.42. The van der Waals surface area contributed by atoms with Crippen molar-refractivity contribution in [2.24, 2.45) is 4.99 Å². The molecule has 1 aromatic heterocycles. The van der Waals surface area contributed by atoms with E-state index in [4.69, 9.17) is 11.6 Å². The van der Waals surface area contributed by atoms with E-state index < -0.39 is 15.3 Å². The summed E-state index contributed by atoms with van der Waals surface area (Å²) in [5.74, 6) is 0.616. The van der Waals surface area contributed by atoms with Gasteiger partial charge in [-0.1, -0.05) is 24.6 Å². The van der Waals surface area contributed by atoms with Crippen molar-refractivity contribution in [3.8, 4) is 0 Å². The van der Waals surface area contributed by atoms with Gasteiger partial charge in [0.05, 0.1) is 5.25 Å². The van der Waals surface area contributed by atoms with Gasteiger partial charge in [0.2, 0.25) is 10.0 Å². The first kappa shape index (κ1) is 19.1. The van der Waals surface area contributed by atoms with Gasteiger partial charge in [0.1, 0.15) is 5.15 Å². The first-order valence-electron chi connectivity index (χ1n) is 7.52. The number of nitrogens with one attached hydrogen (secondary N) is 1. The quantitative estimate of drug-likeness (QED) is 0.421. The van der Waals surface area contributed by atoms with Crippen molar-refractivity contribution in [2.45, 2.75) is 51.7 Å². The number of nitrogens with zero attached hydrogens (tertiary/aromatic N) is 2. The molecule has 5 nitrogen and oxygen atoms in total. The standard InChI is InChI=1S/C15H24ClN3O2S/c1-4-13(18-15-10-7-9-14(16)19-15)8-5-6-11-17-22(20,21)12(2)3/h7,9-10,12,17H,4-6,8,11H2,1-3H3/b18-13+. The Kier molecular flexibility index (Phi) is 8.00. The molecule has 0 saturated heterocycles. The molecule has 22 heavy (non-hydrogen) atoms. The van der Waals surface area contributed by atoms with Gasteiger partial charge >= 0.3 is 0 Å². The van der Waals surface area contributed by atoms with Crippen LogP contribution >= 0.6 is 11.6 Å². The van der Waals surface area contributed by atoms with Gasteiger partial charge in [-0.15, -0.1) is 0 Å². The van der Waals surface area contributed by atoms with Crippen LogP contribution in [0.15, 0.2) is 23.2 Å². The van der Waals surface area contributed by atoms with Crippen LogP contribution in [0.5, 0.6) is 0 Å². The van der Waals surface area contributed by atoms with Gasteiger partial charge in [-0.3, -0.25) is 0 Å². The molecule has 0 spiro atoms. The summed E-state index contributed by atoms with van der Waals surface area (Å²) in [5.41, 5.74) is 1.04. The van der Waals surface area contributed by atoms with Crippen LogP contribution in [0.4, 0.5) is 5.82 Å². The fourth-order valence-electron chi connectivity index (χ4n) is 1.77. The zero-order chi connectivity index (χ0) is 16.6. The van der Waals surface area contributed by atoms with Crippen LogP contribution in [0, 0.1) is 0 Å². The van der Waals surface area contributed by atoms with E-state index in [1.165, 1.54) is 0 Å². The highest BCUT2D eigenvalue weighted by atomic mass is 35.5. The van der Waals surface area contributed by atoms with Gasteiger partial charge in [-0.25, -0.2) is 23.1 Å². The van der Waals surface area contributed by atoms with E-state index >= 15 is 0 Å². The maximum absolute atomic E-state index is 11.6. The normalized spacial score (nSPS) is 12.9. The number of hydrogen-bond acceptors (Lipinski definition) is 4. The summed E-state index contributed by atoms with van der Waals surface area (Å²) in [6.07, 6.45) is 3.34. The lowest BCUT2D eigenvalue weighted by atomic mass is 10.1. The third-order valence-corrected chi connectivity index (χ3v) is 5.26. The smallest absolute Gasteiger partial charge is 0.213 e. The van der Waals surface area contributed by atoms with Crippen LogP contribution in [-0.4, -0.2) is 30.9 Å². The minimum absolute atomic E-state index is 0.394. The van der Waals surface area contributed by atoms with Crippen LogP contribution in [0.25, 0.3) is 0 Å². The van der Waals surface area contributed by atoms with E-state index in [1.807, 2.05) is 19.1 Å². The third-order valence-electron chi connectivity index (χ3n) is 3.20. The number of rotatable bonds is 9. The van der Waals surface area contributed by atoms with E-state index in [-0.39, 0.29) is 0 Å². The summed E-state index contributed by atoms with van der Waals surface area (Å²) < 4.78 is 25.8. The Labute approximate surface area is 138 Å². The molecule has 1 heterocycles. The second-order valence-electron chi connectivity index (χ2n) is 5.30. The van der Waals surface area contributed by atoms with Crippen molar-refractivity contribution < 1.29 is 8.42 Å². The number of aromatic nitrogens is 1. The van der Waals surface area contributed by atoms with Crippen molar-refractivity contribution in [3.63, 3.8) is 0 Å². The summed E-state index contributed by atoms with van der Waals surface area (Å²) in [5, 5.41) is 0.0361. The van der Waals surface area contributed by atoms with Crippen molar-refractivity contribution >= 4 is 33.2 Å². The lowest BCUT2D eigenvalue weighted by Gasteiger charge is -2.09. The molecule has 7 heteroatoms. The molecular weight excluding hydrogens is 322 g/mol. The van der Waals surface area contributed by atoms with E-state index in [0.717, 1.165) is 31.4 Å². The van der Waals surface area contributed by atoms with Gasteiger partial charge in [0.25, 0.3) is 0 Å². The Bertz CT molecular complexity index is 601. The molecule has 1 rings (SSSR count). The molecule has 0 aromatic carbocycles. The zero-order valence-corrected chi connectivity index (χ0v) is 14.9. The molecule has 124 valence electrons. The molecule has 0 aliphatic carbocycles. The molecule has 0 saturated carbocycles. The number of hydrogen-bond donors (Lipinski definition) is 1. The fraction of sp³-hybridized carbons (Fsp3) is 0.600. The summed E-state index contributed by atoms with van der Waals surface area (Å²) >= 11 is 5.84. The van der Waals surface area contributed by atoms with Gasteiger partial charge in [-0.2, -0.15) is 0 Å². The number of pyridine rings is 1. The maximum atomic E-state index is 11.6. The Hall–Kier alpha value is -0.980. The summed E-state index contributed by atoms with van der Waals surface area (Å²) in [4.78, 5) is 8.64. The Morgan fingerprint density at radius 1 is 1.36 bits per heavy atom. The van der Waals surface area contributed by atoms with Crippen LogP contribution in [-0.2, 0) is 10.0 Å². The summed E-state index contributed by atoms with van der Waals surface area (Å²) in [7, 11) is -3.16. The average Bonchev–Trinajstić information content (AvgIpc) is 2.45. The number of sulfonamides is 1. The predicted molar refractivity (Wildman–Crippen MR) is 92.5 cm³/mol. The van der Waals surface area contributed by atoms with E-state index in [1.54, 1.807) is 19.9 Å². The number of halogens is 1. The summed E-state index contributed by atoms with van der Waals surface area (Å²) in [6, 6.07) is 5.35. The zero-order valence-electron chi connectivity index (χ0n) is 13.3. The molecule has 1 N–H and O–H groups in total. The second kappa shape index (κ2) is 9.22. The molecule has 0 aliphatic heterocycles. The molecule has 0 bridgehead atoms. The minimum Gasteiger partial charge on any atom is -0.238 e. The molecular formula is C15H24ClN3O2S. The lowest BCUT2D eigenvalue weighted by Crippen LogP contribution is -2.31. The highest BCUT2D eigenvalue weighted by Crippen LogP contribution is 2.14. The first-order chi connectivity index (χ1) is 10.3. The molecule has 0 aliphatic rings. The van der Waals surface area contributed by atoms with Crippen LogP contribution in [0.1, 0.15) is 46.5 Å². The first-order valence-corrected chi connectivity index (χ1v) is 9.45. The SMILES string of the molecule is CC/C(CCCCNS(=O)(=O)C(C)C)=N\c1cccc(Cl)n1. The van der Waals surface area contributed by atoms with E-state index in [0.29, 0.717) is 17.5 Å². The van der Waals surface area contributed by atoms with E-state index in [2.05, 4.69) is 14.7 Å². The lowest BCUT2D eigenvalue weighted by molar-refractivity contribution is 0.568. The molecule has 0 amide bonds. The summed E-state index contributed by atoms with van der Waals surface area (Å²) in [6.45, 7) is 5.85. The van der Waals surface area contributed by atoms with Crippen molar-refractivity contribution in [1.82, 2.24) is 9.71 Å². The largest absolute Gasteiger partial charge is 0.238 e. The topological polar surface area (TPSA) is 71.4 Å². The molecule has 1 aromatic rings. The highest BCUT2D eigenvalue weighted by molar-refractivity contribution is 7.90. The molecule has 0 atom stereocenters. The van der Waals surface area contributed by atoms with E-state index in [9.17, 15) is 8.42 Å². The van der Waals surface area contributed by atoms with Gasteiger partial charge in [0.15, 0.2) is 5.82 Å². The van der Waals surface area contributed by atoms with Gasteiger partial charge < -0.3 is 0 Å². The molecule has 0 unspecified atom stereocenters. The second-order valence-corrected chi connectivity index (χ2v) is 8.00. The van der Waals surface area contributed by atoms with Crippen molar-refractivity contribution in [2.75, 3.05) is 6.54 Å². The molecule has 0 radical (unpaired) electrons. The van der Waals surface area contributed by atoms with Crippen LogP contribution < -0.4 is 4.72 Å². The number of unbranched alkanes of at least 4 members (excludes halogenated alkanes) is 1. The predicted octanol–water partition coefficient (Wildman–Crippen LogP) is 3.72. The minimum atomic E-state index is -3.16.